The quantitative estimate of drug-likeness (QED) is 0.714. The van der Waals surface area contributed by atoms with Gasteiger partial charge in [-0.1, -0.05) is 0 Å². The fourth-order valence-electron chi connectivity index (χ4n) is 1.02. The molecule has 0 aliphatic carbocycles. The number of carbonyl (C=O) groups excluding carboxylic acids is 1. The molecule has 0 spiro atoms. The Balaban J connectivity index is 2.41. The Bertz CT molecular complexity index is 518. The van der Waals surface area contributed by atoms with Gasteiger partial charge < -0.3 is 4.42 Å². The van der Waals surface area contributed by atoms with Gasteiger partial charge in [-0.05, 0) is 55.6 Å². The molecule has 0 N–H and O–H groups in total. The molecule has 0 atom stereocenters. The zero-order chi connectivity index (χ0) is 11.0. The lowest BCUT2D eigenvalue weighted by Gasteiger charge is -1.94. The van der Waals surface area contributed by atoms with E-state index in [-0.39, 0.29) is 16.8 Å². The van der Waals surface area contributed by atoms with Crippen molar-refractivity contribution in [3.63, 3.8) is 0 Å². The lowest BCUT2D eigenvalue weighted by atomic mass is 10.2. The minimum atomic E-state index is -0.176. The summed E-state index contributed by atoms with van der Waals surface area (Å²) >= 11 is 13.6. The predicted octanol–water partition coefficient (Wildman–Crippen LogP) is 4.75. The first-order chi connectivity index (χ1) is 7.09. The van der Waals surface area contributed by atoms with Gasteiger partial charge in [0.2, 0.25) is 5.78 Å². The number of carbonyl (C=O) groups is 1. The third-order valence-corrected chi connectivity index (χ3v) is 5.42. The van der Waals surface area contributed by atoms with E-state index in [0.717, 1.165) is 8.95 Å². The predicted molar refractivity (Wildman–Crippen MR) is 66.9 cm³/mol. The first-order valence-corrected chi connectivity index (χ1v) is 6.66. The molecule has 2 aromatic rings. The Morgan fingerprint density at radius 2 is 2.13 bits per heavy atom. The largest absolute Gasteiger partial charge is 0.441 e. The molecule has 0 amide bonds. The SMILES string of the molecule is O=C(c1ccc(Cl)o1)c1scc(Br)c1Br. The summed E-state index contributed by atoms with van der Waals surface area (Å²) in [5.74, 6) is 0.0690. The maximum absolute atomic E-state index is 11.9. The van der Waals surface area contributed by atoms with E-state index in [2.05, 4.69) is 31.9 Å². The number of thiophene rings is 1. The molecular weight excluding hydrogens is 367 g/mol. The number of hydrogen-bond acceptors (Lipinski definition) is 3. The van der Waals surface area contributed by atoms with Crippen LogP contribution in [0.1, 0.15) is 15.4 Å². The molecular formula is C9H3Br2ClO2S. The fraction of sp³-hybridized carbons (Fsp3) is 0. The number of hydrogen-bond donors (Lipinski definition) is 0. The number of halogens is 3. The van der Waals surface area contributed by atoms with E-state index in [9.17, 15) is 4.79 Å². The average molecular weight is 370 g/mol. The van der Waals surface area contributed by atoms with Gasteiger partial charge in [0.05, 0.1) is 9.35 Å². The smallest absolute Gasteiger partial charge is 0.239 e. The molecule has 6 heteroatoms. The molecule has 0 saturated heterocycles. The van der Waals surface area contributed by atoms with Crippen molar-refractivity contribution in [2.45, 2.75) is 0 Å². The van der Waals surface area contributed by atoms with Gasteiger partial charge in [-0.3, -0.25) is 4.79 Å². The van der Waals surface area contributed by atoms with Crippen LogP contribution < -0.4 is 0 Å². The Morgan fingerprint density at radius 1 is 1.40 bits per heavy atom. The van der Waals surface area contributed by atoms with E-state index < -0.39 is 0 Å². The van der Waals surface area contributed by atoms with Crippen molar-refractivity contribution >= 4 is 60.6 Å². The summed E-state index contributed by atoms with van der Waals surface area (Å²) in [5, 5.41) is 2.05. The van der Waals surface area contributed by atoms with Crippen LogP contribution in [0.25, 0.3) is 0 Å². The molecule has 15 heavy (non-hydrogen) atoms. The third-order valence-electron chi connectivity index (χ3n) is 1.69. The van der Waals surface area contributed by atoms with Crippen LogP contribution in [0.5, 0.6) is 0 Å². The molecule has 0 unspecified atom stereocenters. The van der Waals surface area contributed by atoms with Crippen LogP contribution in [-0.2, 0) is 0 Å². The molecule has 2 nitrogen and oxygen atoms in total. The van der Waals surface area contributed by atoms with Crippen LogP contribution in [0.2, 0.25) is 5.22 Å². The Hall–Kier alpha value is -0.100. The molecule has 0 saturated carbocycles. The fourth-order valence-corrected chi connectivity index (χ4v) is 3.27. The van der Waals surface area contributed by atoms with Crippen molar-refractivity contribution in [3.05, 3.63) is 42.3 Å². The van der Waals surface area contributed by atoms with Crippen molar-refractivity contribution in [1.29, 1.82) is 0 Å². The number of ketones is 1. The normalized spacial score (nSPS) is 10.6. The zero-order valence-electron chi connectivity index (χ0n) is 7.09. The summed E-state index contributed by atoms with van der Waals surface area (Å²) in [6.45, 7) is 0. The van der Waals surface area contributed by atoms with Gasteiger partial charge in [0.1, 0.15) is 0 Å². The third kappa shape index (κ3) is 2.20. The Kier molecular flexibility index (Phi) is 3.35. The molecule has 0 aliphatic rings. The van der Waals surface area contributed by atoms with Gasteiger partial charge in [0.25, 0.3) is 0 Å². The summed E-state index contributed by atoms with van der Waals surface area (Å²) < 4.78 is 6.65. The number of rotatable bonds is 2. The first kappa shape index (κ1) is 11.4. The average Bonchev–Trinajstić information content (AvgIpc) is 2.75. The van der Waals surface area contributed by atoms with Gasteiger partial charge in [0.15, 0.2) is 11.0 Å². The maximum Gasteiger partial charge on any atom is 0.239 e. The second-order valence-electron chi connectivity index (χ2n) is 2.66. The highest BCUT2D eigenvalue weighted by Crippen LogP contribution is 2.34. The van der Waals surface area contributed by atoms with E-state index in [1.807, 2.05) is 5.38 Å². The van der Waals surface area contributed by atoms with Crippen LogP contribution in [0.3, 0.4) is 0 Å². The van der Waals surface area contributed by atoms with Crippen molar-refractivity contribution in [2.24, 2.45) is 0 Å². The van der Waals surface area contributed by atoms with Crippen molar-refractivity contribution in [1.82, 2.24) is 0 Å². The van der Waals surface area contributed by atoms with Crippen molar-refractivity contribution in [3.8, 4) is 0 Å². The van der Waals surface area contributed by atoms with Gasteiger partial charge in [-0.15, -0.1) is 11.3 Å². The van der Waals surface area contributed by atoms with Gasteiger partial charge in [0, 0.05) is 9.85 Å². The summed E-state index contributed by atoms with van der Waals surface area (Å²) in [6, 6.07) is 3.11. The minimum Gasteiger partial charge on any atom is -0.441 e. The van der Waals surface area contributed by atoms with E-state index in [1.165, 1.54) is 11.3 Å². The maximum atomic E-state index is 11.9. The second-order valence-corrected chi connectivity index (χ2v) is 5.56. The highest BCUT2D eigenvalue weighted by atomic mass is 79.9. The molecule has 78 valence electrons. The molecule has 2 heterocycles. The monoisotopic (exact) mass is 368 g/mol. The molecule has 0 fully saturated rings. The van der Waals surface area contributed by atoms with E-state index >= 15 is 0 Å². The Morgan fingerprint density at radius 3 is 2.60 bits per heavy atom. The molecule has 2 rings (SSSR count). The number of furan rings is 1. The summed E-state index contributed by atoms with van der Waals surface area (Å²) in [4.78, 5) is 12.5. The summed E-state index contributed by atoms with van der Waals surface area (Å²) in [6.07, 6.45) is 0. The lowest BCUT2D eigenvalue weighted by molar-refractivity contribution is 0.101. The highest BCUT2D eigenvalue weighted by molar-refractivity contribution is 9.13. The molecule has 2 aromatic heterocycles. The molecule has 0 bridgehead atoms. The minimum absolute atomic E-state index is 0.176. The summed E-state index contributed by atoms with van der Waals surface area (Å²) in [7, 11) is 0. The van der Waals surface area contributed by atoms with Crippen molar-refractivity contribution in [2.75, 3.05) is 0 Å². The van der Waals surface area contributed by atoms with Gasteiger partial charge in [-0.25, -0.2) is 0 Å². The molecule has 0 aliphatic heterocycles. The van der Waals surface area contributed by atoms with Crippen LogP contribution in [-0.4, -0.2) is 5.78 Å². The van der Waals surface area contributed by atoms with Gasteiger partial charge in [-0.2, -0.15) is 0 Å². The zero-order valence-corrected chi connectivity index (χ0v) is 11.8. The Labute approximate surface area is 111 Å². The lowest BCUT2D eigenvalue weighted by Crippen LogP contribution is -1.96. The van der Waals surface area contributed by atoms with Crippen LogP contribution in [0.15, 0.2) is 30.9 Å². The first-order valence-electron chi connectivity index (χ1n) is 3.82. The second kappa shape index (κ2) is 4.41. The van der Waals surface area contributed by atoms with Gasteiger partial charge >= 0.3 is 0 Å². The highest BCUT2D eigenvalue weighted by Gasteiger charge is 2.19. The summed E-state index contributed by atoms with van der Waals surface area (Å²) in [5.41, 5.74) is 0. The van der Waals surface area contributed by atoms with E-state index in [1.54, 1.807) is 12.1 Å². The van der Waals surface area contributed by atoms with Crippen LogP contribution >= 0.6 is 54.8 Å². The standard InChI is InChI=1S/C9H3Br2ClO2S/c10-4-3-15-9(7(4)11)8(13)5-1-2-6(12)14-5/h1-3H. The molecule has 0 aromatic carbocycles. The molecule has 0 radical (unpaired) electrons. The topological polar surface area (TPSA) is 30.2 Å². The van der Waals surface area contributed by atoms with Crippen molar-refractivity contribution < 1.29 is 9.21 Å². The van der Waals surface area contributed by atoms with E-state index in [0.29, 0.717) is 4.88 Å². The van der Waals surface area contributed by atoms with E-state index in [4.69, 9.17) is 16.0 Å². The van der Waals surface area contributed by atoms with Crippen LogP contribution in [0.4, 0.5) is 0 Å². The van der Waals surface area contributed by atoms with Crippen LogP contribution in [0, 0.1) is 0 Å².